The standard InChI is InChI=1S/C17H21Cl2N3/c1-21-7-9-22(10-8-21)6-2-3-13-11-14-12-15(18)4-5-16(14)20-17(13)19/h4-5,11-12H,2-3,6-10H2,1H3. The molecular weight excluding hydrogens is 317 g/mol. The van der Waals surface area contributed by atoms with Gasteiger partial charge in [-0.3, -0.25) is 0 Å². The van der Waals surface area contributed by atoms with Gasteiger partial charge in [0.15, 0.2) is 0 Å². The summed E-state index contributed by atoms with van der Waals surface area (Å²) in [5.74, 6) is 0. The van der Waals surface area contributed by atoms with Gasteiger partial charge < -0.3 is 9.80 Å². The predicted molar refractivity (Wildman–Crippen MR) is 94.0 cm³/mol. The second-order valence-corrected chi connectivity index (χ2v) is 6.82. The maximum absolute atomic E-state index is 6.32. The zero-order valence-corrected chi connectivity index (χ0v) is 14.4. The van der Waals surface area contributed by atoms with Crippen LogP contribution in [0.1, 0.15) is 12.0 Å². The summed E-state index contributed by atoms with van der Waals surface area (Å²) in [4.78, 5) is 9.38. The monoisotopic (exact) mass is 337 g/mol. The molecule has 0 aliphatic carbocycles. The fraction of sp³-hybridized carbons (Fsp3) is 0.471. The minimum Gasteiger partial charge on any atom is -0.304 e. The minimum absolute atomic E-state index is 0.619. The van der Waals surface area contributed by atoms with Gasteiger partial charge in [-0.15, -0.1) is 0 Å². The van der Waals surface area contributed by atoms with Crippen molar-refractivity contribution in [3.63, 3.8) is 0 Å². The van der Waals surface area contributed by atoms with Crippen molar-refractivity contribution in [3.05, 3.63) is 40.0 Å². The van der Waals surface area contributed by atoms with E-state index in [1.165, 1.54) is 0 Å². The number of aryl methyl sites for hydroxylation is 1. The molecule has 2 heterocycles. The van der Waals surface area contributed by atoms with Crippen LogP contribution < -0.4 is 0 Å². The van der Waals surface area contributed by atoms with Crippen molar-refractivity contribution in [2.75, 3.05) is 39.8 Å². The topological polar surface area (TPSA) is 19.4 Å². The van der Waals surface area contributed by atoms with E-state index >= 15 is 0 Å². The number of benzene rings is 1. The van der Waals surface area contributed by atoms with Crippen LogP contribution in [0.15, 0.2) is 24.3 Å². The second kappa shape index (κ2) is 7.14. The van der Waals surface area contributed by atoms with E-state index in [-0.39, 0.29) is 0 Å². The van der Waals surface area contributed by atoms with Crippen LogP contribution in [-0.4, -0.2) is 54.6 Å². The molecule has 1 aliphatic heterocycles. The van der Waals surface area contributed by atoms with Crippen LogP contribution in [-0.2, 0) is 6.42 Å². The molecule has 0 spiro atoms. The lowest BCUT2D eigenvalue weighted by Gasteiger charge is -2.32. The van der Waals surface area contributed by atoms with E-state index in [2.05, 4.69) is 27.9 Å². The number of pyridine rings is 1. The fourth-order valence-electron chi connectivity index (χ4n) is 2.91. The van der Waals surface area contributed by atoms with E-state index in [0.717, 1.165) is 67.1 Å². The molecule has 0 bridgehead atoms. The van der Waals surface area contributed by atoms with E-state index in [9.17, 15) is 0 Å². The van der Waals surface area contributed by atoms with Gasteiger partial charge in [0.05, 0.1) is 5.52 Å². The Bertz CT molecular complexity index is 652. The van der Waals surface area contributed by atoms with Gasteiger partial charge in [0.1, 0.15) is 5.15 Å². The van der Waals surface area contributed by atoms with Crippen LogP contribution in [0, 0.1) is 0 Å². The van der Waals surface area contributed by atoms with Gasteiger partial charge in [0.25, 0.3) is 0 Å². The molecule has 1 saturated heterocycles. The molecule has 1 aromatic carbocycles. The third-order valence-electron chi connectivity index (χ3n) is 4.32. The first-order chi connectivity index (χ1) is 10.6. The summed E-state index contributed by atoms with van der Waals surface area (Å²) in [6, 6.07) is 7.84. The van der Waals surface area contributed by atoms with Gasteiger partial charge in [0, 0.05) is 36.6 Å². The average molecular weight is 338 g/mol. The lowest BCUT2D eigenvalue weighted by molar-refractivity contribution is 0.153. The maximum Gasteiger partial charge on any atom is 0.132 e. The minimum atomic E-state index is 0.619. The number of hydrogen-bond donors (Lipinski definition) is 0. The molecule has 22 heavy (non-hydrogen) atoms. The molecule has 0 atom stereocenters. The highest BCUT2D eigenvalue weighted by molar-refractivity contribution is 6.32. The van der Waals surface area contributed by atoms with E-state index in [1.807, 2.05) is 18.2 Å². The average Bonchev–Trinajstić information content (AvgIpc) is 2.50. The van der Waals surface area contributed by atoms with Gasteiger partial charge in [-0.25, -0.2) is 4.98 Å². The first-order valence-electron chi connectivity index (χ1n) is 7.77. The highest BCUT2D eigenvalue weighted by Gasteiger charge is 2.13. The molecule has 0 radical (unpaired) electrons. The lowest BCUT2D eigenvalue weighted by Crippen LogP contribution is -2.44. The summed E-state index contributed by atoms with van der Waals surface area (Å²) in [5, 5.41) is 2.42. The van der Waals surface area contributed by atoms with Crippen molar-refractivity contribution in [2.24, 2.45) is 0 Å². The normalized spacial score (nSPS) is 17.2. The molecule has 0 saturated carbocycles. The van der Waals surface area contributed by atoms with Crippen molar-refractivity contribution in [1.29, 1.82) is 0 Å². The van der Waals surface area contributed by atoms with E-state index < -0.39 is 0 Å². The summed E-state index contributed by atoms with van der Waals surface area (Å²) in [5.41, 5.74) is 2.02. The van der Waals surface area contributed by atoms with E-state index in [1.54, 1.807) is 0 Å². The number of halogens is 2. The first-order valence-corrected chi connectivity index (χ1v) is 8.53. The van der Waals surface area contributed by atoms with Crippen molar-refractivity contribution in [1.82, 2.24) is 14.8 Å². The largest absolute Gasteiger partial charge is 0.304 e. The summed E-state index contributed by atoms with van der Waals surface area (Å²) in [6.45, 7) is 5.77. The van der Waals surface area contributed by atoms with Gasteiger partial charge in [-0.2, -0.15) is 0 Å². The number of fused-ring (bicyclic) bond motifs is 1. The third-order valence-corrected chi connectivity index (χ3v) is 4.88. The molecule has 0 amide bonds. The highest BCUT2D eigenvalue weighted by Crippen LogP contribution is 2.24. The van der Waals surface area contributed by atoms with Gasteiger partial charge in [-0.05, 0) is 56.3 Å². The Morgan fingerprint density at radius 1 is 1.09 bits per heavy atom. The fourth-order valence-corrected chi connectivity index (χ4v) is 3.33. The summed E-state index contributed by atoms with van der Waals surface area (Å²) >= 11 is 12.4. The molecule has 3 rings (SSSR count). The van der Waals surface area contributed by atoms with Crippen LogP contribution in [0.25, 0.3) is 10.9 Å². The predicted octanol–water partition coefficient (Wildman–Crippen LogP) is 3.72. The molecule has 1 aliphatic rings. The quantitative estimate of drug-likeness (QED) is 0.792. The third kappa shape index (κ3) is 3.90. The lowest BCUT2D eigenvalue weighted by atomic mass is 10.1. The molecule has 1 fully saturated rings. The second-order valence-electron chi connectivity index (χ2n) is 6.02. The molecule has 1 aromatic heterocycles. The van der Waals surface area contributed by atoms with Crippen molar-refractivity contribution >= 4 is 34.1 Å². The summed E-state index contributed by atoms with van der Waals surface area (Å²) < 4.78 is 0. The Morgan fingerprint density at radius 3 is 2.64 bits per heavy atom. The SMILES string of the molecule is CN1CCN(CCCc2cc3cc(Cl)ccc3nc2Cl)CC1. The Kier molecular flexibility index (Phi) is 5.19. The molecule has 5 heteroatoms. The zero-order valence-electron chi connectivity index (χ0n) is 12.9. The van der Waals surface area contributed by atoms with Gasteiger partial charge in [0.2, 0.25) is 0 Å². The number of rotatable bonds is 4. The maximum atomic E-state index is 6.32. The van der Waals surface area contributed by atoms with E-state index in [4.69, 9.17) is 23.2 Å². The van der Waals surface area contributed by atoms with Crippen molar-refractivity contribution in [3.8, 4) is 0 Å². The van der Waals surface area contributed by atoms with Crippen LogP contribution in [0.3, 0.4) is 0 Å². The molecule has 0 unspecified atom stereocenters. The molecule has 0 N–H and O–H groups in total. The Labute approximate surface area is 141 Å². The molecule has 118 valence electrons. The smallest absolute Gasteiger partial charge is 0.132 e. The van der Waals surface area contributed by atoms with Gasteiger partial charge >= 0.3 is 0 Å². The van der Waals surface area contributed by atoms with Crippen LogP contribution in [0.4, 0.5) is 0 Å². The van der Waals surface area contributed by atoms with Crippen LogP contribution >= 0.6 is 23.2 Å². The van der Waals surface area contributed by atoms with Crippen LogP contribution in [0.5, 0.6) is 0 Å². The van der Waals surface area contributed by atoms with Crippen LogP contribution in [0.2, 0.25) is 10.2 Å². The highest BCUT2D eigenvalue weighted by atomic mass is 35.5. The summed E-state index contributed by atoms with van der Waals surface area (Å²) in [6.07, 6.45) is 2.07. The number of piperazine rings is 1. The number of nitrogens with zero attached hydrogens (tertiary/aromatic N) is 3. The molecule has 2 aromatic rings. The molecule has 3 nitrogen and oxygen atoms in total. The molecular formula is C17H21Cl2N3. The zero-order chi connectivity index (χ0) is 15.5. The van der Waals surface area contributed by atoms with Gasteiger partial charge in [-0.1, -0.05) is 23.2 Å². The Balaban J connectivity index is 1.62. The van der Waals surface area contributed by atoms with Crippen molar-refractivity contribution in [2.45, 2.75) is 12.8 Å². The Hall–Kier alpha value is -0.870. The summed E-state index contributed by atoms with van der Waals surface area (Å²) in [7, 11) is 2.18. The number of aromatic nitrogens is 1. The number of likely N-dealkylation sites (N-methyl/N-ethyl adjacent to an activating group) is 1. The number of hydrogen-bond acceptors (Lipinski definition) is 3. The first kappa shape index (κ1) is 16.0. The Morgan fingerprint density at radius 2 is 1.86 bits per heavy atom. The van der Waals surface area contributed by atoms with E-state index in [0.29, 0.717) is 5.15 Å². The van der Waals surface area contributed by atoms with Crippen molar-refractivity contribution < 1.29 is 0 Å².